The number of anilines is 2. The molecule has 0 bridgehead atoms. The summed E-state index contributed by atoms with van der Waals surface area (Å²) in [5.74, 6) is 0.424. The molecule has 1 amide bonds. The largest absolute Gasteiger partial charge is 0.457 e. The van der Waals surface area contributed by atoms with Crippen LogP contribution in [0.3, 0.4) is 0 Å². The number of rotatable bonds is 6. The lowest BCUT2D eigenvalue weighted by molar-refractivity contribution is -0.116. The highest BCUT2D eigenvalue weighted by molar-refractivity contribution is 7.94. The fourth-order valence-electron chi connectivity index (χ4n) is 3.06. The molecule has 8 nitrogen and oxygen atoms in total. The molecule has 31 heavy (non-hydrogen) atoms. The van der Waals surface area contributed by atoms with Crippen molar-refractivity contribution in [3.63, 3.8) is 0 Å². The van der Waals surface area contributed by atoms with Crippen LogP contribution >= 0.6 is 0 Å². The molecule has 0 unspecified atom stereocenters. The van der Waals surface area contributed by atoms with Crippen molar-refractivity contribution in [1.29, 1.82) is 0 Å². The van der Waals surface area contributed by atoms with Crippen molar-refractivity contribution in [3.8, 4) is 11.5 Å². The van der Waals surface area contributed by atoms with Crippen LogP contribution in [0.4, 0.5) is 11.4 Å². The molecule has 1 saturated heterocycles. The molecular formula is C21H18N2O6S2. The lowest BCUT2D eigenvalue weighted by Crippen LogP contribution is -2.29. The summed E-state index contributed by atoms with van der Waals surface area (Å²) in [6.07, 6.45) is -0.0894. The summed E-state index contributed by atoms with van der Waals surface area (Å²) >= 11 is 0. The summed E-state index contributed by atoms with van der Waals surface area (Å²) in [5.41, 5.74) is 0.450. The van der Waals surface area contributed by atoms with Gasteiger partial charge < -0.3 is 4.74 Å². The molecule has 0 aliphatic carbocycles. The van der Waals surface area contributed by atoms with E-state index in [0.717, 1.165) is 0 Å². The van der Waals surface area contributed by atoms with Gasteiger partial charge in [-0.2, -0.15) is 0 Å². The molecule has 0 aromatic heterocycles. The van der Waals surface area contributed by atoms with E-state index in [2.05, 4.69) is 4.72 Å². The quantitative estimate of drug-likeness (QED) is 0.607. The van der Waals surface area contributed by atoms with Gasteiger partial charge in [-0.25, -0.2) is 21.1 Å². The number of ether oxygens (including phenoxy) is 1. The Morgan fingerprint density at radius 3 is 2.03 bits per heavy atom. The van der Waals surface area contributed by atoms with E-state index < -0.39 is 26.0 Å². The molecule has 4 rings (SSSR count). The van der Waals surface area contributed by atoms with Gasteiger partial charge in [0.05, 0.1) is 16.3 Å². The molecule has 1 heterocycles. The summed E-state index contributed by atoms with van der Waals surface area (Å²) in [5, 5.41) is 0. The van der Waals surface area contributed by atoms with Crippen LogP contribution < -0.4 is 13.8 Å². The Kier molecular flexibility index (Phi) is 5.42. The number of nitrogens with zero attached hydrogens (tertiary/aromatic N) is 1. The van der Waals surface area contributed by atoms with E-state index in [0.29, 0.717) is 21.5 Å². The maximum absolute atomic E-state index is 12.7. The lowest BCUT2D eigenvalue weighted by Gasteiger charge is -2.15. The van der Waals surface area contributed by atoms with Crippen LogP contribution in [-0.2, 0) is 24.8 Å². The molecule has 3 aromatic rings. The number of sulfonamides is 2. The third-order valence-corrected chi connectivity index (χ3v) is 7.63. The SMILES string of the molecule is O=C1CCS(=O)(=O)N1c1ccc(S(=O)(=O)Nc2ccc(Oc3ccccc3)cc2)cc1. The van der Waals surface area contributed by atoms with Crippen molar-refractivity contribution in [2.75, 3.05) is 14.8 Å². The first-order chi connectivity index (χ1) is 14.7. The number of benzene rings is 3. The highest BCUT2D eigenvalue weighted by Crippen LogP contribution is 2.27. The van der Waals surface area contributed by atoms with Gasteiger partial charge in [0, 0.05) is 12.1 Å². The fourth-order valence-corrected chi connectivity index (χ4v) is 5.58. The second kappa shape index (κ2) is 8.05. The van der Waals surface area contributed by atoms with Gasteiger partial charge in [-0.05, 0) is 60.7 Å². The van der Waals surface area contributed by atoms with Gasteiger partial charge in [0.2, 0.25) is 15.9 Å². The predicted octanol–water partition coefficient (Wildman–Crippen LogP) is 3.35. The van der Waals surface area contributed by atoms with Crippen LogP contribution in [0.2, 0.25) is 0 Å². The number of hydrogen-bond donors (Lipinski definition) is 1. The highest BCUT2D eigenvalue weighted by atomic mass is 32.2. The molecule has 0 atom stereocenters. The van der Waals surface area contributed by atoms with Gasteiger partial charge in [0.25, 0.3) is 10.0 Å². The highest BCUT2D eigenvalue weighted by Gasteiger charge is 2.36. The van der Waals surface area contributed by atoms with E-state index in [1.54, 1.807) is 36.4 Å². The molecule has 1 aliphatic rings. The zero-order valence-corrected chi connectivity index (χ0v) is 17.8. The average Bonchev–Trinajstić information content (AvgIpc) is 3.02. The summed E-state index contributed by atoms with van der Waals surface area (Å²) in [6, 6.07) is 20.7. The minimum atomic E-state index is -3.91. The molecule has 1 N–H and O–H groups in total. The van der Waals surface area contributed by atoms with E-state index in [1.165, 1.54) is 24.3 Å². The van der Waals surface area contributed by atoms with Crippen molar-refractivity contribution in [2.24, 2.45) is 0 Å². The minimum absolute atomic E-state index is 0.0649. The molecule has 1 fully saturated rings. The van der Waals surface area contributed by atoms with Gasteiger partial charge in [-0.15, -0.1) is 0 Å². The molecule has 3 aromatic carbocycles. The Balaban J connectivity index is 1.48. The summed E-state index contributed by atoms with van der Waals surface area (Å²) in [7, 11) is -7.62. The second-order valence-corrected chi connectivity index (χ2v) is 10.4. The first kappa shape index (κ1) is 20.9. The van der Waals surface area contributed by atoms with Crippen molar-refractivity contribution >= 4 is 37.3 Å². The average molecular weight is 459 g/mol. The minimum Gasteiger partial charge on any atom is -0.457 e. The monoisotopic (exact) mass is 458 g/mol. The Hall–Kier alpha value is -3.37. The van der Waals surface area contributed by atoms with E-state index in [1.807, 2.05) is 18.2 Å². The van der Waals surface area contributed by atoms with Crippen molar-refractivity contribution < 1.29 is 26.4 Å². The lowest BCUT2D eigenvalue weighted by atomic mass is 10.3. The summed E-state index contributed by atoms with van der Waals surface area (Å²) < 4.78 is 58.2. The number of carbonyl (C=O) groups excluding carboxylic acids is 1. The maximum atomic E-state index is 12.7. The van der Waals surface area contributed by atoms with Gasteiger partial charge in [-0.3, -0.25) is 9.52 Å². The number of hydrogen-bond acceptors (Lipinski definition) is 6. The van der Waals surface area contributed by atoms with Gasteiger partial charge in [0.15, 0.2) is 0 Å². The van der Waals surface area contributed by atoms with E-state index in [-0.39, 0.29) is 22.8 Å². The molecule has 0 spiro atoms. The third-order valence-electron chi connectivity index (χ3n) is 4.55. The summed E-state index contributed by atoms with van der Waals surface area (Å²) in [6.45, 7) is 0. The van der Waals surface area contributed by atoms with Crippen LogP contribution in [0.25, 0.3) is 0 Å². The molecule has 160 valence electrons. The third kappa shape index (κ3) is 4.54. The zero-order chi connectivity index (χ0) is 22.1. The Bertz CT molecular complexity index is 1300. The van der Waals surface area contributed by atoms with E-state index in [4.69, 9.17) is 4.74 Å². The van der Waals surface area contributed by atoms with E-state index in [9.17, 15) is 21.6 Å². The Morgan fingerprint density at radius 1 is 0.839 bits per heavy atom. The van der Waals surface area contributed by atoms with Crippen molar-refractivity contribution in [1.82, 2.24) is 0 Å². The van der Waals surface area contributed by atoms with Crippen molar-refractivity contribution in [3.05, 3.63) is 78.9 Å². The normalized spacial score (nSPS) is 15.6. The second-order valence-electron chi connectivity index (χ2n) is 6.76. The number of carbonyl (C=O) groups is 1. The van der Waals surface area contributed by atoms with Crippen LogP contribution in [0.5, 0.6) is 11.5 Å². The van der Waals surface area contributed by atoms with E-state index >= 15 is 0 Å². The smallest absolute Gasteiger partial charge is 0.261 e. The van der Waals surface area contributed by atoms with Crippen molar-refractivity contribution in [2.45, 2.75) is 11.3 Å². The molecular weight excluding hydrogens is 440 g/mol. The fraction of sp³-hybridized carbons (Fsp3) is 0.0952. The van der Waals surface area contributed by atoms with Crippen LogP contribution in [0.15, 0.2) is 83.8 Å². The standard InChI is InChI=1S/C21H18N2O6S2/c24-21-14-15-30(25,26)23(21)17-8-12-20(13-9-17)31(27,28)22-16-6-10-19(11-7-16)29-18-4-2-1-3-5-18/h1-13,22H,14-15H2. The maximum Gasteiger partial charge on any atom is 0.261 e. The zero-order valence-electron chi connectivity index (χ0n) is 16.1. The van der Waals surface area contributed by atoms with Gasteiger partial charge in [-0.1, -0.05) is 18.2 Å². The Labute approximate surface area is 180 Å². The number of para-hydroxylation sites is 1. The molecule has 0 radical (unpaired) electrons. The van der Waals surface area contributed by atoms with Crippen LogP contribution in [0.1, 0.15) is 6.42 Å². The first-order valence-corrected chi connectivity index (χ1v) is 12.4. The topological polar surface area (TPSA) is 110 Å². The number of nitrogens with one attached hydrogen (secondary N) is 1. The first-order valence-electron chi connectivity index (χ1n) is 9.26. The summed E-state index contributed by atoms with van der Waals surface area (Å²) in [4.78, 5) is 11.8. The van der Waals surface area contributed by atoms with Crippen LogP contribution in [-0.4, -0.2) is 28.5 Å². The molecule has 10 heteroatoms. The number of amides is 1. The molecule has 0 saturated carbocycles. The predicted molar refractivity (Wildman–Crippen MR) is 116 cm³/mol. The molecule has 1 aliphatic heterocycles. The Morgan fingerprint density at radius 2 is 1.45 bits per heavy atom. The van der Waals surface area contributed by atoms with Gasteiger partial charge in [0.1, 0.15) is 11.5 Å². The van der Waals surface area contributed by atoms with Gasteiger partial charge >= 0.3 is 0 Å². The van der Waals surface area contributed by atoms with Crippen LogP contribution in [0, 0.1) is 0 Å².